The van der Waals surface area contributed by atoms with Gasteiger partial charge in [-0.15, -0.1) is 0 Å². The van der Waals surface area contributed by atoms with Crippen LogP contribution in [0.1, 0.15) is 25.5 Å². The number of likely N-dealkylation sites (N-methyl/N-ethyl adjacent to an activating group) is 1. The summed E-state index contributed by atoms with van der Waals surface area (Å²) < 4.78 is 23.5. The lowest BCUT2D eigenvalue weighted by Gasteiger charge is -2.45. The van der Waals surface area contributed by atoms with Gasteiger partial charge in [0, 0.05) is 68.8 Å². The molecule has 6 rings (SSSR count). The second-order valence-electron chi connectivity index (χ2n) is 12.1. The van der Waals surface area contributed by atoms with Gasteiger partial charge in [-0.1, -0.05) is 12.6 Å². The standard InChI is InChI=1S/C32H39FN6O4/c1-6-26(41)37-15-21(4)38(16-20(37)3)31-23-14-19(2)27(28-24(33)8-7-9-25(28)40)30-29(23)39(32(42)34-31)22(18-43-30)17-36-12-10-35(5)11-13-36/h6-9,14,20-22,40H,1,10-13,15-18H2,2-5H3/t20-,21+,22-/m1/s1. The number of amides is 1. The molecule has 10 nitrogen and oxygen atoms in total. The number of aromatic hydroxyl groups is 1. The topological polar surface area (TPSA) is 94.4 Å². The minimum absolute atomic E-state index is 0.0466. The molecule has 43 heavy (non-hydrogen) atoms. The van der Waals surface area contributed by atoms with Crippen molar-refractivity contribution in [3.05, 3.63) is 58.8 Å². The van der Waals surface area contributed by atoms with Gasteiger partial charge in [-0.3, -0.25) is 14.3 Å². The van der Waals surface area contributed by atoms with E-state index in [1.807, 2.05) is 26.8 Å². The lowest BCUT2D eigenvalue weighted by atomic mass is 9.94. The van der Waals surface area contributed by atoms with Crippen molar-refractivity contribution in [2.24, 2.45) is 0 Å². The van der Waals surface area contributed by atoms with Gasteiger partial charge in [0.15, 0.2) is 5.75 Å². The van der Waals surface area contributed by atoms with Crippen molar-refractivity contribution in [2.75, 3.05) is 64.4 Å². The second kappa shape index (κ2) is 11.3. The molecule has 0 bridgehead atoms. The first kappa shape index (κ1) is 29.1. The van der Waals surface area contributed by atoms with Crippen LogP contribution >= 0.6 is 0 Å². The van der Waals surface area contributed by atoms with Crippen LogP contribution in [0.15, 0.2) is 41.7 Å². The van der Waals surface area contributed by atoms with E-state index >= 15 is 4.39 Å². The van der Waals surface area contributed by atoms with E-state index in [0.717, 1.165) is 31.6 Å². The first-order valence-corrected chi connectivity index (χ1v) is 14.9. The Bertz CT molecular complexity index is 1630. The molecule has 2 fully saturated rings. The number of carbonyl (C=O) groups excluding carboxylic acids is 1. The first-order chi connectivity index (χ1) is 20.6. The summed E-state index contributed by atoms with van der Waals surface area (Å²) in [6.45, 7) is 14.9. The lowest BCUT2D eigenvalue weighted by Crippen LogP contribution is -2.58. The number of rotatable bonds is 5. The Kier molecular flexibility index (Phi) is 7.64. The Morgan fingerprint density at radius 3 is 2.60 bits per heavy atom. The molecule has 0 radical (unpaired) electrons. The van der Waals surface area contributed by atoms with Crippen molar-refractivity contribution in [1.29, 1.82) is 0 Å². The molecule has 3 aromatic rings. The van der Waals surface area contributed by atoms with E-state index in [1.165, 1.54) is 24.3 Å². The van der Waals surface area contributed by atoms with Crippen molar-refractivity contribution in [3.63, 3.8) is 0 Å². The van der Waals surface area contributed by atoms with Gasteiger partial charge in [0.25, 0.3) is 0 Å². The number of hydrogen-bond acceptors (Lipinski definition) is 8. The third-order valence-electron chi connectivity index (χ3n) is 9.15. The van der Waals surface area contributed by atoms with Crippen LogP contribution in [0.25, 0.3) is 22.0 Å². The van der Waals surface area contributed by atoms with Gasteiger partial charge in [0.2, 0.25) is 5.91 Å². The first-order valence-electron chi connectivity index (χ1n) is 14.9. The van der Waals surface area contributed by atoms with Crippen LogP contribution in [0.4, 0.5) is 10.2 Å². The largest absolute Gasteiger partial charge is 0.507 e. The molecule has 3 aliphatic rings. The highest BCUT2D eigenvalue weighted by Gasteiger charge is 2.37. The number of piperazine rings is 2. The maximum absolute atomic E-state index is 15.3. The van der Waals surface area contributed by atoms with Gasteiger partial charge in [0.05, 0.1) is 17.1 Å². The van der Waals surface area contributed by atoms with E-state index < -0.39 is 11.5 Å². The number of ether oxygens (including phenoxy) is 1. The maximum Gasteiger partial charge on any atom is 0.350 e. The number of hydrogen-bond donors (Lipinski definition) is 1. The number of phenols is 1. The quantitative estimate of drug-likeness (QED) is 0.454. The number of benzene rings is 2. The predicted molar refractivity (Wildman–Crippen MR) is 164 cm³/mol. The molecule has 0 unspecified atom stereocenters. The normalized spacial score (nSPS) is 23.0. The summed E-state index contributed by atoms with van der Waals surface area (Å²) in [5.74, 6) is -0.0222. The Hall–Kier alpha value is -3.96. The molecule has 0 spiro atoms. The zero-order valence-electron chi connectivity index (χ0n) is 25.2. The molecule has 0 aliphatic carbocycles. The Balaban J connectivity index is 1.54. The zero-order chi connectivity index (χ0) is 30.6. The summed E-state index contributed by atoms with van der Waals surface area (Å²) in [4.78, 5) is 39.7. The average Bonchev–Trinajstić information content (AvgIpc) is 2.98. The smallest absolute Gasteiger partial charge is 0.350 e. The molecule has 1 N–H and O–H groups in total. The van der Waals surface area contributed by atoms with Gasteiger partial charge < -0.3 is 24.5 Å². The van der Waals surface area contributed by atoms with E-state index in [0.29, 0.717) is 47.8 Å². The number of nitrogens with zero attached hydrogens (tertiary/aromatic N) is 6. The van der Waals surface area contributed by atoms with Crippen molar-refractivity contribution in [3.8, 4) is 22.6 Å². The van der Waals surface area contributed by atoms with Crippen LogP contribution in [0.5, 0.6) is 11.5 Å². The SMILES string of the molecule is C=CC(=O)N1C[C@H](C)N(c2nc(=O)n3c4c(c(-c5c(O)cccc5F)c(C)cc24)OC[C@H]3CN2CCN(C)CC2)C[C@H]1C. The number of carbonyl (C=O) groups is 1. The number of anilines is 1. The highest BCUT2D eigenvalue weighted by atomic mass is 19.1. The van der Waals surface area contributed by atoms with E-state index in [1.54, 1.807) is 9.47 Å². The molecule has 4 heterocycles. The number of aryl methyl sites for hydroxylation is 1. The summed E-state index contributed by atoms with van der Waals surface area (Å²) >= 11 is 0. The molecule has 1 amide bonds. The summed E-state index contributed by atoms with van der Waals surface area (Å²) in [6, 6.07) is 5.57. The molecule has 11 heteroatoms. The molecular formula is C32H39FN6O4. The Morgan fingerprint density at radius 2 is 1.91 bits per heavy atom. The van der Waals surface area contributed by atoms with Gasteiger partial charge in [0.1, 0.15) is 24.0 Å². The van der Waals surface area contributed by atoms with Crippen LogP contribution in [0, 0.1) is 12.7 Å². The van der Waals surface area contributed by atoms with Gasteiger partial charge in [-0.2, -0.15) is 4.98 Å². The van der Waals surface area contributed by atoms with Gasteiger partial charge >= 0.3 is 5.69 Å². The Labute approximate surface area is 250 Å². The predicted octanol–water partition coefficient (Wildman–Crippen LogP) is 3.01. The third kappa shape index (κ3) is 5.04. The average molecular weight is 591 g/mol. The van der Waals surface area contributed by atoms with Crippen LogP contribution in [-0.4, -0.2) is 107 Å². The molecule has 2 aromatic carbocycles. The molecule has 1 aromatic heterocycles. The van der Waals surface area contributed by atoms with Crippen molar-refractivity contribution >= 4 is 22.6 Å². The fourth-order valence-electron chi connectivity index (χ4n) is 6.82. The molecule has 228 valence electrons. The van der Waals surface area contributed by atoms with Gasteiger partial charge in [-0.05, 0) is 57.7 Å². The second-order valence-corrected chi connectivity index (χ2v) is 12.1. The molecule has 3 aliphatic heterocycles. The monoisotopic (exact) mass is 590 g/mol. The third-order valence-corrected chi connectivity index (χ3v) is 9.15. The summed E-state index contributed by atoms with van der Waals surface area (Å²) in [6.07, 6.45) is 1.33. The summed E-state index contributed by atoms with van der Waals surface area (Å²) in [7, 11) is 2.10. The number of phenolic OH excluding ortho intramolecular Hbond substituents is 1. The molecular weight excluding hydrogens is 551 g/mol. The maximum atomic E-state index is 15.3. The highest BCUT2D eigenvalue weighted by Crippen LogP contribution is 2.47. The minimum atomic E-state index is -0.574. The summed E-state index contributed by atoms with van der Waals surface area (Å²) in [5, 5.41) is 11.5. The fraction of sp³-hybridized carbons (Fsp3) is 0.469. The summed E-state index contributed by atoms with van der Waals surface area (Å²) in [5.41, 5.74) is 1.31. The van der Waals surface area contributed by atoms with E-state index in [4.69, 9.17) is 4.74 Å². The van der Waals surface area contributed by atoms with Crippen LogP contribution in [-0.2, 0) is 4.79 Å². The van der Waals surface area contributed by atoms with E-state index in [9.17, 15) is 14.7 Å². The molecule has 0 saturated carbocycles. The molecule has 3 atom stereocenters. The van der Waals surface area contributed by atoms with E-state index in [-0.39, 0.29) is 42.0 Å². The number of aromatic nitrogens is 2. The van der Waals surface area contributed by atoms with Crippen LogP contribution in [0.2, 0.25) is 0 Å². The molecule has 2 saturated heterocycles. The van der Waals surface area contributed by atoms with E-state index in [2.05, 4.69) is 33.3 Å². The number of halogens is 1. The van der Waals surface area contributed by atoms with Gasteiger partial charge in [-0.25, -0.2) is 9.18 Å². The van der Waals surface area contributed by atoms with Crippen molar-refractivity contribution in [1.82, 2.24) is 24.3 Å². The van der Waals surface area contributed by atoms with Crippen molar-refractivity contribution in [2.45, 2.75) is 38.9 Å². The fourth-order valence-corrected chi connectivity index (χ4v) is 6.82. The van der Waals surface area contributed by atoms with Crippen LogP contribution in [0.3, 0.4) is 0 Å². The minimum Gasteiger partial charge on any atom is -0.507 e. The van der Waals surface area contributed by atoms with Crippen LogP contribution < -0.4 is 15.3 Å². The lowest BCUT2D eigenvalue weighted by molar-refractivity contribution is -0.128. The Morgan fingerprint density at radius 1 is 1.16 bits per heavy atom. The van der Waals surface area contributed by atoms with Crippen molar-refractivity contribution < 1.29 is 19.0 Å². The zero-order valence-corrected chi connectivity index (χ0v) is 25.2. The highest BCUT2D eigenvalue weighted by molar-refractivity contribution is 6.01.